The quantitative estimate of drug-likeness (QED) is 0.626. The van der Waals surface area contributed by atoms with Gasteiger partial charge in [-0.15, -0.1) is 11.8 Å². The van der Waals surface area contributed by atoms with E-state index in [0.717, 1.165) is 22.8 Å². The van der Waals surface area contributed by atoms with Crippen LogP contribution in [0.4, 0.5) is 11.4 Å². The molecule has 1 heterocycles. The molecule has 1 aliphatic heterocycles. The minimum atomic E-state index is -0.508. The monoisotopic (exact) mass is 314 g/mol. The second-order valence-electron chi connectivity index (χ2n) is 4.90. The van der Waals surface area contributed by atoms with Gasteiger partial charge in [-0.2, -0.15) is 0 Å². The van der Waals surface area contributed by atoms with Gasteiger partial charge in [-0.3, -0.25) is 14.9 Å². The van der Waals surface area contributed by atoms with Crippen molar-refractivity contribution < 1.29 is 9.72 Å². The predicted molar refractivity (Wildman–Crippen MR) is 86.6 cm³/mol. The van der Waals surface area contributed by atoms with E-state index >= 15 is 0 Å². The highest BCUT2D eigenvalue weighted by molar-refractivity contribution is 7.99. The molecule has 0 spiro atoms. The largest absolute Gasteiger partial charge is 0.307 e. The van der Waals surface area contributed by atoms with Crippen molar-refractivity contribution in [2.75, 3.05) is 17.2 Å². The number of carbonyl (C=O) groups is 1. The molecular formula is C16H14N2O3S. The average molecular weight is 314 g/mol. The Morgan fingerprint density at radius 2 is 1.86 bits per heavy atom. The Labute approximate surface area is 132 Å². The molecule has 0 unspecified atom stereocenters. The van der Waals surface area contributed by atoms with Crippen LogP contribution in [-0.2, 0) is 0 Å². The van der Waals surface area contributed by atoms with Crippen LogP contribution in [-0.4, -0.2) is 23.1 Å². The molecule has 6 heteroatoms. The van der Waals surface area contributed by atoms with Crippen LogP contribution in [0.3, 0.4) is 0 Å². The number of fused-ring (bicyclic) bond motifs is 1. The van der Waals surface area contributed by atoms with Gasteiger partial charge in [0, 0.05) is 17.5 Å². The number of nitro groups is 1. The summed E-state index contributed by atoms with van der Waals surface area (Å²) in [5, 5.41) is 11.2. The summed E-state index contributed by atoms with van der Waals surface area (Å²) in [7, 11) is 0. The number of benzene rings is 2. The Hall–Kier alpha value is -2.34. The molecule has 112 valence electrons. The van der Waals surface area contributed by atoms with Gasteiger partial charge in [0.15, 0.2) is 0 Å². The van der Waals surface area contributed by atoms with Crippen LogP contribution >= 0.6 is 11.8 Å². The Kier molecular flexibility index (Phi) is 4.11. The van der Waals surface area contributed by atoms with E-state index in [2.05, 4.69) is 0 Å². The number of carbonyl (C=O) groups excluding carboxylic acids is 1. The second-order valence-corrected chi connectivity index (χ2v) is 6.04. The minimum absolute atomic E-state index is 0.134. The van der Waals surface area contributed by atoms with Crippen LogP contribution < -0.4 is 4.90 Å². The van der Waals surface area contributed by atoms with Crippen molar-refractivity contribution in [3.05, 3.63) is 64.2 Å². The van der Waals surface area contributed by atoms with Crippen LogP contribution in [0.15, 0.2) is 53.4 Å². The first kappa shape index (κ1) is 14.6. The number of amides is 1. The minimum Gasteiger partial charge on any atom is -0.307 e. The molecule has 0 saturated carbocycles. The Morgan fingerprint density at radius 1 is 1.14 bits per heavy atom. The van der Waals surface area contributed by atoms with Crippen LogP contribution in [0.25, 0.3) is 0 Å². The van der Waals surface area contributed by atoms with Crippen LogP contribution in [0.5, 0.6) is 0 Å². The average Bonchev–Trinajstić information content (AvgIpc) is 2.76. The van der Waals surface area contributed by atoms with Crippen molar-refractivity contribution >= 4 is 29.0 Å². The summed E-state index contributed by atoms with van der Waals surface area (Å²) in [6, 6.07) is 13.8. The fraction of sp³-hybridized carbons (Fsp3) is 0.188. The molecular weight excluding hydrogens is 300 g/mol. The predicted octanol–water partition coefficient (Wildman–Crippen LogP) is 3.74. The molecule has 0 radical (unpaired) electrons. The van der Waals surface area contributed by atoms with Gasteiger partial charge in [-0.05, 0) is 30.4 Å². The number of anilines is 1. The van der Waals surface area contributed by atoms with E-state index in [0.29, 0.717) is 6.54 Å². The zero-order chi connectivity index (χ0) is 15.5. The maximum absolute atomic E-state index is 12.9. The van der Waals surface area contributed by atoms with Gasteiger partial charge in [0.2, 0.25) is 0 Å². The highest BCUT2D eigenvalue weighted by Gasteiger charge is 2.27. The molecule has 0 N–H and O–H groups in total. The third-order valence-corrected chi connectivity index (χ3v) is 4.67. The normalized spacial score (nSPS) is 14.1. The van der Waals surface area contributed by atoms with Gasteiger partial charge in [0.25, 0.3) is 11.6 Å². The number of para-hydroxylation sites is 2. The number of rotatable bonds is 2. The first-order valence-corrected chi connectivity index (χ1v) is 7.94. The summed E-state index contributed by atoms with van der Waals surface area (Å²) in [5.74, 6) is 0.611. The van der Waals surface area contributed by atoms with E-state index < -0.39 is 4.92 Å². The fourth-order valence-electron chi connectivity index (χ4n) is 2.50. The van der Waals surface area contributed by atoms with Crippen LogP contribution in [0, 0.1) is 10.1 Å². The molecule has 22 heavy (non-hydrogen) atoms. The number of hydrogen-bond donors (Lipinski definition) is 0. The molecule has 0 aliphatic carbocycles. The van der Waals surface area contributed by atoms with Gasteiger partial charge in [0.1, 0.15) is 5.56 Å². The summed E-state index contributed by atoms with van der Waals surface area (Å²) in [4.78, 5) is 26.2. The van der Waals surface area contributed by atoms with E-state index in [1.54, 1.807) is 28.8 Å². The highest BCUT2D eigenvalue weighted by atomic mass is 32.2. The summed E-state index contributed by atoms with van der Waals surface area (Å²) in [6.45, 7) is 0.564. The van der Waals surface area contributed by atoms with Crippen LogP contribution in [0.1, 0.15) is 16.8 Å². The first-order chi connectivity index (χ1) is 10.7. The number of thioether (sulfide) groups is 1. The molecule has 1 amide bonds. The molecule has 1 aliphatic rings. The molecule has 5 nitrogen and oxygen atoms in total. The Balaban J connectivity index is 2.04. The molecule has 0 bridgehead atoms. The summed E-state index contributed by atoms with van der Waals surface area (Å²) < 4.78 is 0. The first-order valence-electron chi connectivity index (χ1n) is 6.95. The van der Waals surface area contributed by atoms with Crippen molar-refractivity contribution in [3.63, 3.8) is 0 Å². The Morgan fingerprint density at radius 3 is 2.68 bits per heavy atom. The van der Waals surface area contributed by atoms with E-state index in [-0.39, 0.29) is 17.2 Å². The van der Waals surface area contributed by atoms with Crippen molar-refractivity contribution in [2.24, 2.45) is 0 Å². The standard InChI is InChI=1S/C16H14N2O3S/c19-16(12-6-1-2-7-13(12)18(20)21)17-10-5-11-22-15-9-4-3-8-14(15)17/h1-4,6-9H,5,10-11H2. The molecule has 0 atom stereocenters. The number of hydrogen-bond acceptors (Lipinski definition) is 4. The third-order valence-electron chi connectivity index (χ3n) is 3.52. The van der Waals surface area contributed by atoms with E-state index in [1.165, 1.54) is 12.1 Å². The zero-order valence-corrected chi connectivity index (χ0v) is 12.6. The maximum atomic E-state index is 12.9. The summed E-state index contributed by atoms with van der Waals surface area (Å²) in [5.41, 5.74) is 0.809. The SMILES string of the molecule is O=C(c1ccccc1[N+](=O)[O-])N1CCCSc2ccccc21. The highest BCUT2D eigenvalue weighted by Crippen LogP contribution is 2.35. The van der Waals surface area contributed by atoms with Crippen molar-refractivity contribution in [1.29, 1.82) is 0 Å². The lowest BCUT2D eigenvalue weighted by atomic mass is 10.1. The summed E-state index contributed by atoms with van der Waals surface area (Å²) in [6.07, 6.45) is 0.853. The second kappa shape index (κ2) is 6.19. The molecule has 2 aromatic rings. The topological polar surface area (TPSA) is 63.4 Å². The Bertz CT molecular complexity index is 733. The smallest absolute Gasteiger partial charge is 0.282 e. The van der Waals surface area contributed by atoms with E-state index in [9.17, 15) is 14.9 Å². The van der Waals surface area contributed by atoms with Crippen molar-refractivity contribution in [3.8, 4) is 0 Å². The fourth-order valence-corrected chi connectivity index (χ4v) is 3.49. The third kappa shape index (κ3) is 2.69. The van der Waals surface area contributed by atoms with Gasteiger partial charge in [0.05, 0.1) is 10.6 Å². The molecule has 0 fully saturated rings. The molecule has 2 aromatic carbocycles. The maximum Gasteiger partial charge on any atom is 0.282 e. The number of nitro benzene ring substituents is 1. The van der Waals surface area contributed by atoms with Crippen molar-refractivity contribution in [2.45, 2.75) is 11.3 Å². The number of nitrogens with zero attached hydrogens (tertiary/aromatic N) is 2. The van der Waals surface area contributed by atoms with E-state index in [1.807, 2.05) is 24.3 Å². The van der Waals surface area contributed by atoms with Gasteiger partial charge >= 0.3 is 0 Å². The molecule has 0 aromatic heterocycles. The van der Waals surface area contributed by atoms with Gasteiger partial charge in [-0.1, -0.05) is 24.3 Å². The lowest BCUT2D eigenvalue weighted by Crippen LogP contribution is -2.32. The lowest BCUT2D eigenvalue weighted by Gasteiger charge is -2.22. The van der Waals surface area contributed by atoms with Crippen LogP contribution in [0.2, 0.25) is 0 Å². The van der Waals surface area contributed by atoms with Gasteiger partial charge in [-0.25, -0.2) is 0 Å². The zero-order valence-electron chi connectivity index (χ0n) is 11.8. The molecule has 3 rings (SSSR count). The lowest BCUT2D eigenvalue weighted by molar-refractivity contribution is -0.385. The van der Waals surface area contributed by atoms with Gasteiger partial charge < -0.3 is 4.90 Å². The summed E-state index contributed by atoms with van der Waals surface area (Å²) >= 11 is 1.71. The van der Waals surface area contributed by atoms with E-state index in [4.69, 9.17) is 0 Å². The molecule has 0 saturated heterocycles. The van der Waals surface area contributed by atoms with Crippen molar-refractivity contribution in [1.82, 2.24) is 0 Å².